The number of imidazole rings is 1. The molecule has 5 heteroatoms. The van der Waals surface area contributed by atoms with Crippen LogP contribution >= 0.6 is 23.5 Å². The molecule has 3 rings (SSSR count). The fourth-order valence-electron chi connectivity index (χ4n) is 2.61. The number of nitrogens with one attached hydrogen (secondary N) is 1. The van der Waals surface area contributed by atoms with E-state index in [2.05, 4.69) is 64.6 Å². The monoisotopic (exact) mass is 307 g/mol. The lowest BCUT2D eigenvalue weighted by Crippen LogP contribution is -2.29. The summed E-state index contributed by atoms with van der Waals surface area (Å²) >= 11 is 4.18. The van der Waals surface area contributed by atoms with Crippen molar-refractivity contribution in [3.05, 3.63) is 30.1 Å². The van der Waals surface area contributed by atoms with Crippen molar-refractivity contribution in [2.45, 2.75) is 25.3 Å². The molecule has 1 aliphatic rings. The molecule has 108 valence electrons. The van der Waals surface area contributed by atoms with Crippen LogP contribution in [0.5, 0.6) is 0 Å². The predicted molar refractivity (Wildman–Crippen MR) is 90.7 cm³/mol. The average Bonchev–Trinajstić information content (AvgIpc) is 2.86. The minimum absolute atomic E-state index is 0.758. The van der Waals surface area contributed by atoms with E-state index in [9.17, 15) is 0 Å². The van der Waals surface area contributed by atoms with Gasteiger partial charge in [-0.1, -0.05) is 12.1 Å². The second kappa shape index (κ2) is 6.87. The smallest absolute Gasteiger partial charge is 0.123 e. The van der Waals surface area contributed by atoms with Gasteiger partial charge >= 0.3 is 0 Å². The molecule has 2 heterocycles. The lowest BCUT2D eigenvalue weighted by atomic mass is 10.3. The molecule has 1 unspecified atom stereocenters. The van der Waals surface area contributed by atoms with Gasteiger partial charge in [-0.3, -0.25) is 0 Å². The molecule has 0 amide bonds. The molecule has 0 radical (unpaired) electrons. The number of aryl methyl sites for hydroxylation is 1. The zero-order chi connectivity index (χ0) is 13.8. The van der Waals surface area contributed by atoms with Gasteiger partial charge in [0, 0.05) is 35.6 Å². The first-order valence-corrected chi connectivity index (χ1v) is 9.43. The number of rotatable bonds is 5. The van der Waals surface area contributed by atoms with E-state index in [0.717, 1.165) is 36.2 Å². The second-order valence-corrected chi connectivity index (χ2v) is 7.52. The molecule has 0 spiro atoms. The lowest BCUT2D eigenvalue weighted by molar-refractivity contribution is 0.620. The summed E-state index contributed by atoms with van der Waals surface area (Å²) in [6, 6.07) is 8.40. The second-order valence-electron chi connectivity index (χ2n) is 4.96. The number of fused-ring (bicyclic) bond motifs is 1. The van der Waals surface area contributed by atoms with Gasteiger partial charge in [0.05, 0.1) is 17.6 Å². The fraction of sp³-hybridized carbons (Fsp3) is 0.533. The summed E-state index contributed by atoms with van der Waals surface area (Å²) in [6.45, 7) is 5.12. The number of benzene rings is 1. The Balaban J connectivity index is 1.64. The van der Waals surface area contributed by atoms with E-state index in [1.54, 1.807) is 0 Å². The summed E-state index contributed by atoms with van der Waals surface area (Å²) in [6.07, 6.45) is 0. The normalized spacial score (nSPS) is 19.6. The van der Waals surface area contributed by atoms with E-state index in [1.807, 2.05) is 0 Å². The predicted octanol–water partition coefficient (Wildman–Crippen LogP) is 2.99. The fourth-order valence-corrected chi connectivity index (χ4v) is 5.26. The van der Waals surface area contributed by atoms with Crippen LogP contribution in [0.1, 0.15) is 12.7 Å². The molecule has 1 N–H and O–H groups in total. The Bertz CT molecular complexity index is 561. The Labute approximate surface area is 128 Å². The molecule has 0 aliphatic carbocycles. The largest absolute Gasteiger partial charge is 0.327 e. The molecule has 1 aliphatic heterocycles. The third kappa shape index (κ3) is 3.15. The number of aromatic nitrogens is 2. The molecule has 2 aromatic rings. The highest BCUT2D eigenvalue weighted by molar-refractivity contribution is 8.06. The molecule has 1 aromatic heterocycles. The highest BCUT2D eigenvalue weighted by Gasteiger charge is 2.14. The Hall–Kier alpha value is -0.650. The van der Waals surface area contributed by atoms with Crippen molar-refractivity contribution < 1.29 is 0 Å². The summed E-state index contributed by atoms with van der Waals surface area (Å²) in [7, 11) is 0. The minimum atomic E-state index is 0.758. The van der Waals surface area contributed by atoms with Gasteiger partial charge in [0.1, 0.15) is 5.82 Å². The summed E-state index contributed by atoms with van der Waals surface area (Å²) in [4.78, 5) is 4.75. The van der Waals surface area contributed by atoms with Crippen molar-refractivity contribution in [1.82, 2.24) is 14.9 Å². The van der Waals surface area contributed by atoms with Gasteiger partial charge in [-0.25, -0.2) is 4.98 Å². The zero-order valence-corrected chi connectivity index (χ0v) is 13.5. The Morgan fingerprint density at radius 3 is 3.05 bits per heavy atom. The van der Waals surface area contributed by atoms with Crippen LogP contribution in [0.4, 0.5) is 0 Å². The van der Waals surface area contributed by atoms with Crippen LogP contribution in [0.3, 0.4) is 0 Å². The molecular formula is C15H21N3S2. The van der Waals surface area contributed by atoms with Crippen molar-refractivity contribution in [3.63, 3.8) is 0 Å². The van der Waals surface area contributed by atoms with Crippen LogP contribution < -0.4 is 5.32 Å². The van der Waals surface area contributed by atoms with Gasteiger partial charge < -0.3 is 9.88 Å². The third-order valence-electron chi connectivity index (χ3n) is 3.59. The van der Waals surface area contributed by atoms with Crippen molar-refractivity contribution >= 4 is 34.6 Å². The number of hydrogen-bond acceptors (Lipinski definition) is 4. The van der Waals surface area contributed by atoms with E-state index in [4.69, 9.17) is 4.98 Å². The average molecular weight is 307 g/mol. The van der Waals surface area contributed by atoms with Crippen molar-refractivity contribution in [2.75, 3.05) is 23.8 Å². The number of para-hydroxylation sites is 2. The van der Waals surface area contributed by atoms with Gasteiger partial charge in [0.25, 0.3) is 0 Å². The Morgan fingerprint density at radius 1 is 1.35 bits per heavy atom. The first kappa shape index (κ1) is 14.3. The van der Waals surface area contributed by atoms with Gasteiger partial charge in [0.15, 0.2) is 0 Å². The molecule has 20 heavy (non-hydrogen) atoms. The number of nitrogens with zero attached hydrogens (tertiary/aromatic N) is 2. The topological polar surface area (TPSA) is 29.9 Å². The van der Waals surface area contributed by atoms with Crippen LogP contribution in [0.15, 0.2) is 24.3 Å². The van der Waals surface area contributed by atoms with Crippen LogP contribution in [0.2, 0.25) is 0 Å². The Morgan fingerprint density at radius 2 is 2.25 bits per heavy atom. The molecule has 1 atom stereocenters. The van der Waals surface area contributed by atoms with Crippen molar-refractivity contribution in [3.8, 4) is 0 Å². The summed E-state index contributed by atoms with van der Waals surface area (Å²) < 4.78 is 2.31. The highest BCUT2D eigenvalue weighted by atomic mass is 32.2. The molecule has 0 bridgehead atoms. The van der Waals surface area contributed by atoms with Gasteiger partial charge in [-0.15, -0.1) is 0 Å². The Kier molecular flexibility index (Phi) is 4.91. The summed E-state index contributed by atoms with van der Waals surface area (Å²) in [5, 5.41) is 4.35. The standard InChI is InChI=1S/C15H21N3S2/c1-2-18-14-6-4-3-5-13(14)17-15(18)10-16-9-12-11-19-7-8-20-12/h3-6,12,16H,2,7-11H2,1H3. The molecule has 1 saturated heterocycles. The maximum atomic E-state index is 4.75. The quantitative estimate of drug-likeness (QED) is 0.920. The van der Waals surface area contributed by atoms with E-state index < -0.39 is 0 Å². The zero-order valence-electron chi connectivity index (χ0n) is 11.8. The van der Waals surface area contributed by atoms with E-state index >= 15 is 0 Å². The van der Waals surface area contributed by atoms with Crippen LogP contribution in [-0.4, -0.2) is 38.6 Å². The van der Waals surface area contributed by atoms with Gasteiger partial charge in [-0.05, 0) is 19.1 Å². The lowest BCUT2D eigenvalue weighted by Gasteiger charge is -2.21. The van der Waals surface area contributed by atoms with Crippen molar-refractivity contribution in [2.24, 2.45) is 0 Å². The third-order valence-corrected chi connectivity index (χ3v) is 6.43. The SMILES string of the molecule is CCn1c(CNCC2CSCCS2)nc2ccccc21. The number of thioether (sulfide) groups is 2. The highest BCUT2D eigenvalue weighted by Crippen LogP contribution is 2.23. The molecule has 1 fully saturated rings. The molecule has 3 nitrogen and oxygen atoms in total. The minimum Gasteiger partial charge on any atom is -0.327 e. The molecule has 0 saturated carbocycles. The summed E-state index contributed by atoms with van der Waals surface area (Å²) in [5.74, 6) is 5.04. The maximum Gasteiger partial charge on any atom is 0.123 e. The van der Waals surface area contributed by atoms with E-state index in [-0.39, 0.29) is 0 Å². The van der Waals surface area contributed by atoms with Crippen LogP contribution in [-0.2, 0) is 13.1 Å². The van der Waals surface area contributed by atoms with E-state index in [0.29, 0.717) is 0 Å². The van der Waals surface area contributed by atoms with E-state index in [1.165, 1.54) is 22.8 Å². The first-order valence-electron chi connectivity index (χ1n) is 7.22. The maximum absolute atomic E-state index is 4.75. The van der Waals surface area contributed by atoms with Gasteiger partial charge in [-0.2, -0.15) is 23.5 Å². The molecule has 1 aromatic carbocycles. The molecular weight excluding hydrogens is 286 g/mol. The van der Waals surface area contributed by atoms with Crippen molar-refractivity contribution in [1.29, 1.82) is 0 Å². The van der Waals surface area contributed by atoms with Crippen LogP contribution in [0, 0.1) is 0 Å². The summed E-state index contributed by atoms with van der Waals surface area (Å²) in [5.41, 5.74) is 2.35. The number of hydrogen-bond donors (Lipinski definition) is 1. The van der Waals surface area contributed by atoms with Gasteiger partial charge in [0.2, 0.25) is 0 Å². The first-order chi connectivity index (χ1) is 9.88. The van der Waals surface area contributed by atoms with Crippen LogP contribution in [0.25, 0.3) is 11.0 Å².